The van der Waals surface area contributed by atoms with Gasteiger partial charge in [-0.25, -0.2) is 0 Å². The molecule has 0 aromatic carbocycles. The summed E-state index contributed by atoms with van der Waals surface area (Å²) in [5, 5.41) is 3.03. The predicted octanol–water partition coefficient (Wildman–Crippen LogP) is 0.0116. The SMILES string of the molecule is NC1CCN(CC(=O)NCCN2CCCCC2)CC1. The van der Waals surface area contributed by atoms with Gasteiger partial charge < -0.3 is 16.0 Å². The molecule has 2 fully saturated rings. The first kappa shape index (κ1) is 14.8. The van der Waals surface area contributed by atoms with E-state index in [1.807, 2.05) is 0 Å². The number of piperidine rings is 2. The van der Waals surface area contributed by atoms with Crippen LogP contribution in [0.4, 0.5) is 0 Å². The first-order valence-electron chi connectivity index (χ1n) is 7.71. The van der Waals surface area contributed by atoms with Crippen molar-refractivity contribution < 1.29 is 4.79 Å². The average Bonchev–Trinajstić information content (AvgIpc) is 2.43. The molecular weight excluding hydrogens is 240 g/mol. The minimum atomic E-state index is 0.160. The molecule has 2 saturated heterocycles. The molecule has 0 unspecified atom stereocenters. The summed E-state index contributed by atoms with van der Waals surface area (Å²) in [5.41, 5.74) is 5.86. The highest BCUT2D eigenvalue weighted by Crippen LogP contribution is 2.08. The molecule has 0 spiro atoms. The molecule has 5 nitrogen and oxygen atoms in total. The fourth-order valence-corrected chi connectivity index (χ4v) is 2.91. The van der Waals surface area contributed by atoms with Crippen molar-refractivity contribution in [3.63, 3.8) is 0 Å². The zero-order valence-electron chi connectivity index (χ0n) is 11.9. The van der Waals surface area contributed by atoms with Crippen molar-refractivity contribution in [3.05, 3.63) is 0 Å². The van der Waals surface area contributed by atoms with E-state index in [9.17, 15) is 4.79 Å². The summed E-state index contributed by atoms with van der Waals surface area (Å²) < 4.78 is 0. The predicted molar refractivity (Wildman–Crippen MR) is 77.0 cm³/mol. The summed E-state index contributed by atoms with van der Waals surface area (Å²) in [7, 11) is 0. The van der Waals surface area contributed by atoms with Crippen LogP contribution in [0.25, 0.3) is 0 Å². The van der Waals surface area contributed by atoms with Gasteiger partial charge in [0.05, 0.1) is 6.54 Å². The van der Waals surface area contributed by atoms with Gasteiger partial charge >= 0.3 is 0 Å². The van der Waals surface area contributed by atoms with E-state index in [1.54, 1.807) is 0 Å². The number of nitrogens with zero attached hydrogens (tertiary/aromatic N) is 2. The number of amides is 1. The Morgan fingerprint density at radius 1 is 1.05 bits per heavy atom. The molecule has 0 bridgehead atoms. The van der Waals surface area contributed by atoms with E-state index < -0.39 is 0 Å². The Morgan fingerprint density at radius 2 is 1.74 bits per heavy atom. The zero-order chi connectivity index (χ0) is 13.5. The zero-order valence-corrected chi connectivity index (χ0v) is 11.9. The summed E-state index contributed by atoms with van der Waals surface area (Å²) in [5.74, 6) is 0.160. The molecule has 0 aliphatic carbocycles. The minimum Gasteiger partial charge on any atom is -0.354 e. The Kier molecular flexibility index (Phi) is 6.07. The van der Waals surface area contributed by atoms with Crippen LogP contribution in [0.5, 0.6) is 0 Å². The van der Waals surface area contributed by atoms with Crippen molar-refractivity contribution in [2.75, 3.05) is 45.8 Å². The molecule has 2 aliphatic heterocycles. The van der Waals surface area contributed by atoms with E-state index in [0.717, 1.165) is 39.0 Å². The Morgan fingerprint density at radius 3 is 2.42 bits per heavy atom. The molecule has 0 radical (unpaired) electrons. The van der Waals surface area contributed by atoms with Crippen LogP contribution in [-0.4, -0.2) is 67.6 Å². The van der Waals surface area contributed by atoms with E-state index in [1.165, 1.54) is 32.4 Å². The minimum absolute atomic E-state index is 0.160. The number of likely N-dealkylation sites (tertiary alicyclic amines) is 2. The summed E-state index contributed by atoms with van der Waals surface area (Å²) in [6, 6.07) is 0.332. The van der Waals surface area contributed by atoms with Gasteiger partial charge in [0.1, 0.15) is 0 Å². The number of nitrogens with one attached hydrogen (secondary N) is 1. The molecule has 2 aliphatic rings. The van der Waals surface area contributed by atoms with Crippen molar-refractivity contribution in [1.29, 1.82) is 0 Å². The Bertz CT molecular complexity index is 271. The van der Waals surface area contributed by atoms with Gasteiger partial charge in [-0.05, 0) is 38.8 Å². The van der Waals surface area contributed by atoms with Gasteiger partial charge in [0.2, 0.25) is 5.91 Å². The second-order valence-electron chi connectivity index (χ2n) is 5.87. The molecule has 0 aromatic rings. The smallest absolute Gasteiger partial charge is 0.234 e. The number of carbonyl (C=O) groups excluding carboxylic acids is 1. The topological polar surface area (TPSA) is 61.6 Å². The average molecular weight is 268 g/mol. The molecule has 3 N–H and O–H groups in total. The van der Waals surface area contributed by atoms with Crippen LogP contribution in [0, 0.1) is 0 Å². The van der Waals surface area contributed by atoms with Crippen LogP contribution < -0.4 is 11.1 Å². The van der Waals surface area contributed by atoms with Crippen molar-refractivity contribution >= 4 is 5.91 Å². The first-order valence-corrected chi connectivity index (χ1v) is 7.71. The Labute approximate surface area is 116 Å². The molecule has 19 heavy (non-hydrogen) atoms. The summed E-state index contributed by atoms with van der Waals surface area (Å²) >= 11 is 0. The van der Waals surface area contributed by atoms with Crippen LogP contribution in [0.1, 0.15) is 32.1 Å². The molecular formula is C14H28N4O. The summed E-state index contributed by atoms with van der Waals surface area (Å²) in [6.45, 7) is 6.62. The van der Waals surface area contributed by atoms with E-state index in [4.69, 9.17) is 5.73 Å². The van der Waals surface area contributed by atoms with Crippen LogP contribution in [0.3, 0.4) is 0 Å². The maximum Gasteiger partial charge on any atom is 0.234 e. The standard InChI is InChI=1S/C14H28N4O/c15-13-4-9-18(10-5-13)12-14(19)16-6-11-17-7-2-1-3-8-17/h13H,1-12,15H2,(H,16,19). The van der Waals surface area contributed by atoms with E-state index in [-0.39, 0.29) is 5.91 Å². The summed E-state index contributed by atoms with van der Waals surface area (Å²) in [6.07, 6.45) is 6.01. The van der Waals surface area contributed by atoms with E-state index in [0.29, 0.717) is 12.6 Å². The Balaban J connectivity index is 1.54. The van der Waals surface area contributed by atoms with Crippen molar-refractivity contribution in [3.8, 4) is 0 Å². The third-order valence-electron chi connectivity index (χ3n) is 4.20. The molecule has 0 aromatic heterocycles. The fourth-order valence-electron chi connectivity index (χ4n) is 2.91. The van der Waals surface area contributed by atoms with Gasteiger partial charge in [-0.1, -0.05) is 6.42 Å². The van der Waals surface area contributed by atoms with E-state index in [2.05, 4.69) is 15.1 Å². The van der Waals surface area contributed by atoms with Crippen LogP contribution >= 0.6 is 0 Å². The highest BCUT2D eigenvalue weighted by Gasteiger charge is 2.18. The number of carbonyl (C=O) groups is 1. The second kappa shape index (κ2) is 7.82. The van der Waals surface area contributed by atoms with Gasteiger partial charge in [-0.15, -0.1) is 0 Å². The number of nitrogens with two attached hydrogens (primary N) is 1. The van der Waals surface area contributed by atoms with Gasteiger partial charge in [0.25, 0.3) is 0 Å². The fraction of sp³-hybridized carbons (Fsp3) is 0.929. The lowest BCUT2D eigenvalue weighted by Crippen LogP contribution is -2.45. The monoisotopic (exact) mass is 268 g/mol. The van der Waals surface area contributed by atoms with Crippen LogP contribution in [0.2, 0.25) is 0 Å². The lowest BCUT2D eigenvalue weighted by Gasteiger charge is -2.29. The second-order valence-corrected chi connectivity index (χ2v) is 5.87. The molecule has 2 heterocycles. The number of hydrogen-bond acceptors (Lipinski definition) is 4. The van der Waals surface area contributed by atoms with Gasteiger partial charge in [0, 0.05) is 32.2 Å². The van der Waals surface area contributed by atoms with Crippen LogP contribution in [0.15, 0.2) is 0 Å². The third kappa shape index (κ3) is 5.47. The number of hydrogen-bond donors (Lipinski definition) is 2. The van der Waals surface area contributed by atoms with Gasteiger partial charge in [-0.2, -0.15) is 0 Å². The quantitative estimate of drug-likeness (QED) is 0.737. The van der Waals surface area contributed by atoms with Gasteiger partial charge in [0.15, 0.2) is 0 Å². The molecule has 0 atom stereocenters. The molecule has 2 rings (SSSR count). The van der Waals surface area contributed by atoms with E-state index >= 15 is 0 Å². The normalized spacial score (nSPS) is 23.4. The molecule has 110 valence electrons. The first-order chi connectivity index (χ1) is 9.24. The van der Waals surface area contributed by atoms with Crippen molar-refractivity contribution in [2.24, 2.45) is 5.73 Å². The molecule has 5 heteroatoms. The van der Waals surface area contributed by atoms with Crippen LogP contribution in [-0.2, 0) is 4.79 Å². The maximum absolute atomic E-state index is 11.8. The maximum atomic E-state index is 11.8. The van der Waals surface area contributed by atoms with Crippen molar-refractivity contribution in [2.45, 2.75) is 38.1 Å². The number of rotatable bonds is 5. The Hall–Kier alpha value is -0.650. The molecule has 1 amide bonds. The lowest BCUT2D eigenvalue weighted by atomic mass is 10.1. The largest absolute Gasteiger partial charge is 0.354 e. The van der Waals surface area contributed by atoms with Crippen molar-refractivity contribution in [1.82, 2.24) is 15.1 Å². The summed E-state index contributed by atoms with van der Waals surface area (Å²) in [4.78, 5) is 16.5. The highest BCUT2D eigenvalue weighted by atomic mass is 16.2. The van der Waals surface area contributed by atoms with Gasteiger partial charge in [-0.3, -0.25) is 9.69 Å². The third-order valence-corrected chi connectivity index (χ3v) is 4.20. The highest BCUT2D eigenvalue weighted by molar-refractivity contribution is 5.78. The lowest BCUT2D eigenvalue weighted by molar-refractivity contribution is -0.122. The molecule has 0 saturated carbocycles.